The van der Waals surface area contributed by atoms with Gasteiger partial charge in [-0.25, -0.2) is 0 Å². The number of hydrogen-bond acceptors (Lipinski definition) is 1. The van der Waals surface area contributed by atoms with E-state index in [0.29, 0.717) is 6.61 Å². The second-order valence-electron chi connectivity index (χ2n) is 7.24. The van der Waals surface area contributed by atoms with Crippen LogP contribution in [0.5, 0.6) is 0 Å². The maximum atomic E-state index is 6.66. The molecule has 1 aliphatic rings. The highest BCUT2D eigenvalue weighted by molar-refractivity contribution is 7.96. The van der Waals surface area contributed by atoms with Crippen molar-refractivity contribution in [2.24, 2.45) is 0 Å². The Morgan fingerprint density at radius 2 is 1.21 bits per heavy atom. The van der Waals surface area contributed by atoms with Gasteiger partial charge < -0.3 is 4.74 Å². The zero-order chi connectivity index (χ0) is 19.7. The Labute approximate surface area is 177 Å². The van der Waals surface area contributed by atoms with E-state index in [1.165, 1.54) is 27.0 Å². The van der Waals surface area contributed by atoms with E-state index in [4.69, 9.17) is 16.3 Å². The summed E-state index contributed by atoms with van der Waals surface area (Å²) < 4.78 is 6.66. The molecule has 3 heteroatoms. The highest BCUT2D eigenvalue weighted by Gasteiger charge is 2.57. The van der Waals surface area contributed by atoms with Crippen LogP contribution in [0.15, 0.2) is 109 Å². The number of ether oxygens (including phenoxy) is 1. The van der Waals surface area contributed by atoms with E-state index in [9.17, 15) is 0 Å². The first-order valence-electron chi connectivity index (χ1n) is 9.75. The number of benzene rings is 4. The lowest BCUT2D eigenvalue weighted by molar-refractivity contribution is 0.0920. The van der Waals surface area contributed by atoms with Gasteiger partial charge in [0.1, 0.15) is 23.2 Å². The normalized spacial score (nSPS) is 17.5. The lowest BCUT2D eigenvalue weighted by Crippen LogP contribution is -2.40. The molecule has 29 heavy (non-hydrogen) atoms. The predicted molar refractivity (Wildman–Crippen MR) is 124 cm³/mol. The highest BCUT2D eigenvalue weighted by atomic mass is 35.5. The number of halogens is 1. The van der Waals surface area contributed by atoms with Gasteiger partial charge in [0.05, 0.1) is 6.61 Å². The van der Waals surface area contributed by atoms with Crippen molar-refractivity contribution in [1.29, 1.82) is 0 Å². The van der Waals surface area contributed by atoms with Crippen LogP contribution in [-0.2, 0) is 11.3 Å². The summed E-state index contributed by atoms with van der Waals surface area (Å²) in [6.45, 7) is 0.616. The molecule has 1 atom stereocenters. The van der Waals surface area contributed by atoms with Crippen LogP contribution in [0, 0.1) is 0 Å². The van der Waals surface area contributed by atoms with Gasteiger partial charge in [0.25, 0.3) is 0 Å². The summed E-state index contributed by atoms with van der Waals surface area (Å²) in [5.74, 6) is -0.0560. The quantitative estimate of drug-likeness (QED) is 0.381. The van der Waals surface area contributed by atoms with Crippen molar-refractivity contribution < 1.29 is 4.74 Å². The monoisotopic (exact) mass is 415 g/mol. The van der Waals surface area contributed by atoms with Crippen LogP contribution in [0.25, 0.3) is 0 Å². The Bertz CT molecular complexity index is 1070. The van der Waals surface area contributed by atoms with Crippen LogP contribution >= 0.6 is 18.9 Å². The molecule has 0 aliphatic carbocycles. The van der Waals surface area contributed by atoms with Gasteiger partial charge in [-0.1, -0.05) is 78.3 Å². The van der Waals surface area contributed by atoms with E-state index in [1.54, 1.807) is 0 Å². The Hall–Kier alpha value is -2.44. The third-order valence-corrected chi connectivity index (χ3v) is 10.4. The topological polar surface area (TPSA) is 9.23 Å². The van der Waals surface area contributed by atoms with E-state index in [0.717, 1.165) is 5.02 Å². The van der Waals surface area contributed by atoms with Crippen LogP contribution in [0.4, 0.5) is 0 Å². The molecule has 0 bridgehead atoms. The van der Waals surface area contributed by atoms with E-state index in [2.05, 4.69) is 97.1 Å². The van der Waals surface area contributed by atoms with Crippen LogP contribution in [0.3, 0.4) is 0 Å². The summed E-state index contributed by atoms with van der Waals surface area (Å²) in [6, 6.07) is 38.7. The van der Waals surface area contributed by atoms with Crippen molar-refractivity contribution in [2.45, 2.75) is 12.5 Å². The molecular weight excluding hydrogens is 395 g/mol. The van der Waals surface area contributed by atoms with Crippen LogP contribution in [-0.4, -0.2) is 0 Å². The molecule has 0 radical (unpaired) electrons. The van der Waals surface area contributed by atoms with Gasteiger partial charge in [0, 0.05) is 16.1 Å². The Morgan fingerprint density at radius 3 is 1.83 bits per heavy atom. The van der Waals surface area contributed by atoms with Crippen molar-refractivity contribution in [1.82, 2.24) is 0 Å². The third-order valence-electron chi connectivity index (χ3n) is 5.60. The standard InChI is InChI=1S/C26H21ClOP/c27-22-17-15-20(16-18-22)26-28-19-21-9-7-8-14-25(21)29(26,23-10-3-1-4-11-23)24-12-5-2-6-13-24/h1-18,26H,19H2/q+1. The molecule has 0 aromatic heterocycles. The first-order valence-corrected chi connectivity index (χ1v) is 12.0. The summed E-state index contributed by atoms with van der Waals surface area (Å²) in [5, 5.41) is 4.81. The van der Waals surface area contributed by atoms with Crippen molar-refractivity contribution in [2.75, 3.05) is 0 Å². The van der Waals surface area contributed by atoms with Crippen molar-refractivity contribution >= 4 is 34.8 Å². The van der Waals surface area contributed by atoms with E-state index in [1.807, 2.05) is 12.1 Å². The fourth-order valence-corrected chi connectivity index (χ4v) is 9.25. The lowest BCUT2D eigenvalue weighted by atomic mass is 10.2. The zero-order valence-electron chi connectivity index (χ0n) is 15.9. The van der Waals surface area contributed by atoms with Crippen LogP contribution in [0.1, 0.15) is 17.0 Å². The minimum atomic E-state index is -2.10. The first kappa shape index (κ1) is 18.6. The summed E-state index contributed by atoms with van der Waals surface area (Å²) in [7, 11) is -2.10. The van der Waals surface area contributed by atoms with E-state index >= 15 is 0 Å². The van der Waals surface area contributed by atoms with E-state index in [-0.39, 0.29) is 5.85 Å². The van der Waals surface area contributed by atoms with Crippen molar-refractivity contribution in [3.63, 3.8) is 0 Å². The van der Waals surface area contributed by atoms with Gasteiger partial charge in [-0.15, -0.1) is 0 Å². The van der Waals surface area contributed by atoms with Crippen molar-refractivity contribution in [3.8, 4) is 0 Å². The van der Waals surface area contributed by atoms with Gasteiger partial charge in [-0.3, -0.25) is 0 Å². The Morgan fingerprint density at radius 1 is 0.655 bits per heavy atom. The second kappa shape index (κ2) is 7.76. The molecule has 1 heterocycles. The highest BCUT2D eigenvalue weighted by Crippen LogP contribution is 2.69. The molecule has 0 saturated heterocycles. The fourth-order valence-electron chi connectivity index (χ4n) is 4.36. The number of rotatable bonds is 3. The zero-order valence-corrected chi connectivity index (χ0v) is 17.6. The molecule has 1 nitrogen and oxygen atoms in total. The lowest BCUT2D eigenvalue weighted by Gasteiger charge is -2.38. The largest absolute Gasteiger partial charge is 0.334 e. The van der Waals surface area contributed by atoms with Gasteiger partial charge >= 0.3 is 0 Å². The molecule has 142 valence electrons. The second-order valence-corrected chi connectivity index (χ2v) is 11.1. The van der Waals surface area contributed by atoms with Crippen LogP contribution in [0.2, 0.25) is 5.02 Å². The molecule has 1 unspecified atom stereocenters. The number of fused-ring (bicyclic) bond motifs is 1. The fraction of sp³-hybridized carbons (Fsp3) is 0.0769. The van der Waals surface area contributed by atoms with Crippen LogP contribution < -0.4 is 15.9 Å². The SMILES string of the molecule is Clc1ccc(C2OCc3ccccc3[P+]2(c2ccccc2)c2ccccc2)cc1. The van der Waals surface area contributed by atoms with Gasteiger partial charge in [0.2, 0.25) is 5.85 Å². The molecule has 4 aromatic carbocycles. The predicted octanol–water partition coefficient (Wildman–Crippen LogP) is 5.86. The molecule has 0 fully saturated rings. The maximum Gasteiger partial charge on any atom is 0.207 e. The Kier molecular flexibility index (Phi) is 4.97. The Balaban J connectivity index is 1.87. The molecule has 5 rings (SSSR count). The molecular formula is C26H21ClOP+. The summed E-state index contributed by atoms with van der Waals surface area (Å²) in [5.41, 5.74) is 2.45. The maximum absolute atomic E-state index is 6.66. The summed E-state index contributed by atoms with van der Waals surface area (Å²) >= 11 is 6.21. The first-order chi connectivity index (χ1) is 14.3. The van der Waals surface area contributed by atoms with Gasteiger partial charge in [0.15, 0.2) is 0 Å². The summed E-state index contributed by atoms with van der Waals surface area (Å²) in [4.78, 5) is 0. The minimum Gasteiger partial charge on any atom is -0.334 e. The molecule has 0 spiro atoms. The average molecular weight is 416 g/mol. The molecule has 0 N–H and O–H groups in total. The number of hydrogen-bond donors (Lipinski definition) is 0. The average Bonchev–Trinajstić information content (AvgIpc) is 2.80. The molecule has 0 saturated carbocycles. The molecule has 4 aromatic rings. The third kappa shape index (κ3) is 3.11. The molecule has 0 amide bonds. The van der Waals surface area contributed by atoms with E-state index < -0.39 is 7.26 Å². The molecule has 1 aliphatic heterocycles. The summed E-state index contributed by atoms with van der Waals surface area (Å²) in [6.07, 6.45) is 0. The van der Waals surface area contributed by atoms with Gasteiger partial charge in [-0.05, 0) is 42.5 Å². The van der Waals surface area contributed by atoms with Crippen molar-refractivity contribution in [3.05, 3.63) is 125 Å². The van der Waals surface area contributed by atoms with Gasteiger partial charge in [-0.2, -0.15) is 0 Å². The smallest absolute Gasteiger partial charge is 0.207 e. The minimum absolute atomic E-state index is 0.0560.